The zero-order chi connectivity index (χ0) is 14.8. The lowest BCUT2D eigenvalue weighted by molar-refractivity contribution is 0.304. The van der Waals surface area contributed by atoms with E-state index in [0.29, 0.717) is 0 Å². The molecule has 3 rings (SSSR count). The van der Waals surface area contributed by atoms with Crippen LogP contribution in [0, 0.1) is 0 Å². The van der Waals surface area contributed by atoms with E-state index in [9.17, 15) is 0 Å². The van der Waals surface area contributed by atoms with Gasteiger partial charge in [-0.1, -0.05) is 6.92 Å². The summed E-state index contributed by atoms with van der Waals surface area (Å²) in [4.78, 5) is 2.32. The molecular formula is C16H25N5. The molecule has 0 aromatic carbocycles. The van der Waals surface area contributed by atoms with E-state index in [1.165, 1.54) is 41.9 Å². The fourth-order valence-electron chi connectivity index (χ4n) is 3.16. The summed E-state index contributed by atoms with van der Waals surface area (Å²) >= 11 is 0. The molecule has 1 aliphatic carbocycles. The summed E-state index contributed by atoms with van der Waals surface area (Å²) in [5, 5.41) is 12.3. The van der Waals surface area contributed by atoms with Crippen LogP contribution >= 0.6 is 0 Å². The normalized spacial score (nSPS) is 14.7. The fourth-order valence-corrected chi connectivity index (χ4v) is 3.16. The molecule has 2 heterocycles. The highest BCUT2D eigenvalue weighted by Gasteiger charge is 2.18. The van der Waals surface area contributed by atoms with E-state index in [1.54, 1.807) is 0 Å². The Kier molecular flexibility index (Phi) is 4.10. The Bertz CT molecular complexity index is 610. The van der Waals surface area contributed by atoms with E-state index < -0.39 is 0 Å². The molecule has 1 aliphatic rings. The Morgan fingerprint density at radius 2 is 2.10 bits per heavy atom. The number of hydrogen-bond acceptors (Lipinski definition) is 3. The van der Waals surface area contributed by atoms with Crippen LogP contribution < -0.4 is 0 Å². The standard InChI is InChI=1S/C16H25N5/c1-4-12-9-13(21(3)19-12)10-20(2)11-16-14-7-5-6-8-15(14)17-18-16/h9H,4-8,10-11H2,1-3H3,(H,17,18). The first kappa shape index (κ1) is 14.3. The van der Waals surface area contributed by atoms with Crippen LogP contribution in [-0.2, 0) is 39.4 Å². The smallest absolute Gasteiger partial charge is 0.0797 e. The number of aromatic amines is 1. The summed E-state index contributed by atoms with van der Waals surface area (Å²) in [7, 11) is 4.18. The van der Waals surface area contributed by atoms with Crippen molar-refractivity contribution in [2.75, 3.05) is 7.05 Å². The molecule has 5 nitrogen and oxygen atoms in total. The molecule has 114 valence electrons. The highest BCUT2D eigenvalue weighted by molar-refractivity contribution is 5.27. The molecule has 5 heteroatoms. The van der Waals surface area contributed by atoms with E-state index in [0.717, 1.165) is 31.6 Å². The molecule has 0 aliphatic heterocycles. The third-order valence-electron chi connectivity index (χ3n) is 4.38. The van der Waals surface area contributed by atoms with Crippen molar-refractivity contribution >= 4 is 0 Å². The first-order chi connectivity index (χ1) is 10.2. The van der Waals surface area contributed by atoms with Gasteiger partial charge in [0.1, 0.15) is 0 Å². The van der Waals surface area contributed by atoms with Gasteiger partial charge in [-0.2, -0.15) is 10.2 Å². The largest absolute Gasteiger partial charge is 0.295 e. The van der Waals surface area contributed by atoms with Crippen LogP contribution in [0.15, 0.2) is 6.07 Å². The van der Waals surface area contributed by atoms with Crippen molar-refractivity contribution in [1.29, 1.82) is 0 Å². The molecular weight excluding hydrogens is 262 g/mol. The van der Waals surface area contributed by atoms with Gasteiger partial charge in [-0.25, -0.2) is 0 Å². The zero-order valence-electron chi connectivity index (χ0n) is 13.3. The van der Waals surface area contributed by atoms with Crippen molar-refractivity contribution in [3.63, 3.8) is 0 Å². The molecule has 0 spiro atoms. The van der Waals surface area contributed by atoms with Crippen LogP contribution in [0.3, 0.4) is 0 Å². The maximum Gasteiger partial charge on any atom is 0.0797 e. The van der Waals surface area contributed by atoms with Crippen LogP contribution in [-0.4, -0.2) is 31.9 Å². The zero-order valence-corrected chi connectivity index (χ0v) is 13.3. The monoisotopic (exact) mass is 287 g/mol. The molecule has 0 amide bonds. The Labute approximate surface area is 126 Å². The number of H-pyrrole nitrogens is 1. The maximum atomic E-state index is 4.53. The molecule has 2 aromatic heterocycles. The minimum Gasteiger partial charge on any atom is -0.295 e. The van der Waals surface area contributed by atoms with Crippen molar-refractivity contribution in [3.05, 3.63) is 34.4 Å². The summed E-state index contributed by atoms with van der Waals surface area (Å²) in [5.41, 5.74) is 6.48. The molecule has 1 N–H and O–H groups in total. The number of hydrogen-bond donors (Lipinski definition) is 1. The van der Waals surface area contributed by atoms with Gasteiger partial charge >= 0.3 is 0 Å². The summed E-state index contributed by atoms with van der Waals surface area (Å²) < 4.78 is 2.00. The fraction of sp³-hybridized carbons (Fsp3) is 0.625. The SMILES string of the molecule is CCc1cc(CN(C)Cc2n[nH]c3c2CCCC3)n(C)n1. The first-order valence-corrected chi connectivity index (χ1v) is 7.92. The highest BCUT2D eigenvalue weighted by Crippen LogP contribution is 2.23. The first-order valence-electron chi connectivity index (χ1n) is 7.92. The van der Waals surface area contributed by atoms with Gasteiger partial charge in [0.05, 0.1) is 17.1 Å². The quantitative estimate of drug-likeness (QED) is 0.917. The predicted molar refractivity (Wildman–Crippen MR) is 83.0 cm³/mol. The Morgan fingerprint density at radius 3 is 2.86 bits per heavy atom. The van der Waals surface area contributed by atoms with Gasteiger partial charge < -0.3 is 0 Å². The van der Waals surface area contributed by atoms with E-state index in [4.69, 9.17) is 0 Å². The Balaban J connectivity index is 1.67. The molecule has 0 atom stereocenters. The van der Waals surface area contributed by atoms with Crippen LogP contribution in [0.5, 0.6) is 0 Å². The average Bonchev–Trinajstić information content (AvgIpc) is 3.04. The minimum atomic E-state index is 0.901. The third-order valence-corrected chi connectivity index (χ3v) is 4.38. The maximum absolute atomic E-state index is 4.53. The van der Waals surface area contributed by atoms with Gasteiger partial charge in [-0.05, 0) is 50.8 Å². The third kappa shape index (κ3) is 3.02. The number of aryl methyl sites for hydroxylation is 3. The second-order valence-corrected chi connectivity index (χ2v) is 6.11. The predicted octanol–water partition coefficient (Wildman–Crippen LogP) is 2.22. The molecule has 0 unspecified atom stereocenters. The lowest BCUT2D eigenvalue weighted by atomic mass is 9.96. The average molecular weight is 287 g/mol. The summed E-state index contributed by atoms with van der Waals surface area (Å²) in [6, 6.07) is 2.20. The second-order valence-electron chi connectivity index (χ2n) is 6.11. The summed E-state index contributed by atoms with van der Waals surface area (Å²) in [6.07, 6.45) is 5.92. The Morgan fingerprint density at radius 1 is 1.29 bits per heavy atom. The number of fused-ring (bicyclic) bond motifs is 1. The van der Waals surface area contributed by atoms with E-state index in [1.807, 2.05) is 11.7 Å². The Hall–Kier alpha value is -1.62. The summed E-state index contributed by atoms with van der Waals surface area (Å²) in [6.45, 7) is 3.95. The van der Waals surface area contributed by atoms with Gasteiger partial charge in [0, 0.05) is 25.8 Å². The highest BCUT2D eigenvalue weighted by atomic mass is 15.3. The van der Waals surface area contributed by atoms with E-state index in [2.05, 4.69) is 40.2 Å². The van der Waals surface area contributed by atoms with Crippen molar-refractivity contribution in [2.24, 2.45) is 7.05 Å². The van der Waals surface area contributed by atoms with Gasteiger partial charge in [0.2, 0.25) is 0 Å². The molecule has 0 radical (unpaired) electrons. The van der Waals surface area contributed by atoms with E-state index >= 15 is 0 Å². The number of nitrogens with one attached hydrogen (secondary N) is 1. The topological polar surface area (TPSA) is 49.7 Å². The molecule has 0 saturated heterocycles. The van der Waals surface area contributed by atoms with Crippen molar-refractivity contribution in [3.8, 4) is 0 Å². The number of nitrogens with zero attached hydrogens (tertiary/aromatic N) is 4. The van der Waals surface area contributed by atoms with Crippen LogP contribution in [0.4, 0.5) is 0 Å². The number of rotatable bonds is 5. The van der Waals surface area contributed by atoms with Gasteiger partial charge in [-0.15, -0.1) is 0 Å². The van der Waals surface area contributed by atoms with Crippen LogP contribution in [0.25, 0.3) is 0 Å². The van der Waals surface area contributed by atoms with Gasteiger partial charge in [-0.3, -0.25) is 14.7 Å². The molecule has 0 fully saturated rings. The van der Waals surface area contributed by atoms with Gasteiger partial charge in [0.15, 0.2) is 0 Å². The van der Waals surface area contributed by atoms with Crippen LogP contribution in [0.2, 0.25) is 0 Å². The van der Waals surface area contributed by atoms with Gasteiger partial charge in [0.25, 0.3) is 0 Å². The lowest BCUT2D eigenvalue weighted by Gasteiger charge is -2.17. The molecule has 0 saturated carbocycles. The van der Waals surface area contributed by atoms with Crippen molar-refractivity contribution < 1.29 is 0 Å². The van der Waals surface area contributed by atoms with Crippen molar-refractivity contribution in [1.82, 2.24) is 24.9 Å². The molecule has 21 heavy (non-hydrogen) atoms. The van der Waals surface area contributed by atoms with Crippen LogP contribution in [0.1, 0.15) is 48.1 Å². The lowest BCUT2D eigenvalue weighted by Crippen LogP contribution is -2.20. The number of aromatic nitrogens is 4. The second kappa shape index (κ2) is 6.02. The van der Waals surface area contributed by atoms with E-state index in [-0.39, 0.29) is 0 Å². The van der Waals surface area contributed by atoms with Crippen molar-refractivity contribution in [2.45, 2.75) is 52.1 Å². The molecule has 0 bridgehead atoms. The summed E-state index contributed by atoms with van der Waals surface area (Å²) in [5.74, 6) is 0. The minimum absolute atomic E-state index is 0.901. The molecule has 2 aromatic rings.